The van der Waals surface area contributed by atoms with Crippen LogP contribution in [0.5, 0.6) is 11.5 Å². The fourth-order valence-corrected chi connectivity index (χ4v) is 3.33. The van der Waals surface area contributed by atoms with Crippen LogP contribution >= 0.6 is 0 Å². The Balaban J connectivity index is 2.03. The quantitative estimate of drug-likeness (QED) is 0.417. The number of ether oxygens (including phenoxy) is 1. The average Bonchev–Trinajstić information content (AvgIpc) is 2.70. The summed E-state index contributed by atoms with van der Waals surface area (Å²) < 4.78 is 44.9. The summed E-state index contributed by atoms with van der Waals surface area (Å²) in [6.45, 7) is 4.51. The number of phenols is 1. The van der Waals surface area contributed by atoms with Gasteiger partial charge in [0.05, 0.1) is 18.2 Å². The van der Waals surface area contributed by atoms with Gasteiger partial charge in [-0.2, -0.15) is 18.4 Å². The maximum Gasteiger partial charge on any atom is 0.416 e. The van der Waals surface area contributed by atoms with Crippen molar-refractivity contribution in [3.05, 3.63) is 47.5 Å². The van der Waals surface area contributed by atoms with E-state index in [0.717, 1.165) is 43.4 Å². The van der Waals surface area contributed by atoms with Crippen molar-refractivity contribution in [3.63, 3.8) is 0 Å². The van der Waals surface area contributed by atoms with E-state index in [1.54, 1.807) is 12.1 Å². The molecule has 3 nitrogen and oxygen atoms in total. The van der Waals surface area contributed by atoms with Crippen molar-refractivity contribution in [2.75, 3.05) is 6.61 Å². The Hall–Kier alpha value is -2.68. The SMILES string of the molecule is CCc1cc(-c2cccc(C(F)(F)F)c2)c(O)cc1OCCCCCC(C)CC#N. The van der Waals surface area contributed by atoms with E-state index in [1.165, 1.54) is 12.1 Å². The Morgan fingerprint density at radius 3 is 2.57 bits per heavy atom. The Bertz CT molecular complexity index is 872. The predicted octanol–water partition coefficient (Wildman–Crippen LogP) is 7.13. The molecule has 0 aliphatic rings. The highest BCUT2D eigenvalue weighted by molar-refractivity contribution is 5.73. The van der Waals surface area contributed by atoms with Crippen LogP contribution in [0.1, 0.15) is 57.1 Å². The van der Waals surface area contributed by atoms with Gasteiger partial charge in [0.2, 0.25) is 0 Å². The van der Waals surface area contributed by atoms with Crippen LogP contribution in [0.25, 0.3) is 11.1 Å². The number of phenolic OH excluding ortho intramolecular Hbond substituents is 1. The maximum absolute atomic E-state index is 13.0. The molecular formula is C24H28F3NO2. The van der Waals surface area contributed by atoms with E-state index >= 15 is 0 Å². The fourth-order valence-electron chi connectivity index (χ4n) is 3.33. The topological polar surface area (TPSA) is 53.2 Å². The third-order valence-corrected chi connectivity index (χ3v) is 5.10. The summed E-state index contributed by atoms with van der Waals surface area (Å²) in [4.78, 5) is 0. The highest BCUT2D eigenvalue weighted by Crippen LogP contribution is 2.38. The first-order chi connectivity index (χ1) is 14.3. The Morgan fingerprint density at radius 1 is 1.13 bits per heavy atom. The fraction of sp³-hybridized carbons (Fsp3) is 0.458. The zero-order valence-corrected chi connectivity index (χ0v) is 17.4. The van der Waals surface area contributed by atoms with Crippen molar-refractivity contribution in [1.82, 2.24) is 0 Å². The van der Waals surface area contributed by atoms with Gasteiger partial charge in [-0.15, -0.1) is 0 Å². The molecule has 1 N–H and O–H groups in total. The second-order valence-corrected chi connectivity index (χ2v) is 7.57. The molecule has 0 bridgehead atoms. The van der Waals surface area contributed by atoms with E-state index in [-0.39, 0.29) is 5.75 Å². The number of rotatable bonds is 10. The molecule has 0 fully saturated rings. The van der Waals surface area contributed by atoms with Crippen LogP contribution in [0, 0.1) is 17.2 Å². The molecule has 0 amide bonds. The van der Waals surface area contributed by atoms with Crippen molar-refractivity contribution >= 4 is 0 Å². The zero-order valence-electron chi connectivity index (χ0n) is 17.4. The molecule has 0 heterocycles. The molecule has 30 heavy (non-hydrogen) atoms. The molecule has 0 radical (unpaired) electrons. The van der Waals surface area contributed by atoms with Crippen LogP contribution in [0.3, 0.4) is 0 Å². The number of benzene rings is 2. The first kappa shape index (κ1) is 23.6. The lowest BCUT2D eigenvalue weighted by Crippen LogP contribution is -2.04. The number of nitrogens with zero attached hydrogens (tertiary/aromatic N) is 1. The summed E-state index contributed by atoms with van der Waals surface area (Å²) in [5.41, 5.74) is 0.761. The highest BCUT2D eigenvalue weighted by Gasteiger charge is 2.30. The zero-order chi connectivity index (χ0) is 22.1. The van der Waals surface area contributed by atoms with Gasteiger partial charge in [0.15, 0.2) is 0 Å². The smallest absolute Gasteiger partial charge is 0.416 e. The number of aryl methyl sites for hydroxylation is 1. The first-order valence-electron chi connectivity index (χ1n) is 10.3. The summed E-state index contributed by atoms with van der Waals surface area (Å²) in [5, 5.41) is 19.1. The highest BCUT2D eigenvalue weighted by atomic mass is 19.4. The van der Waals surface area contributed by atoms with Gasteiger partial charge in [-0.05, 0) is 54.5 Å². The largest absolute Gasteiger partial charge is 0.507 e. The molecule has 0 aliphatic heterocycles. The normalized spacial score (nSPS) is 12.4. The minimum absolute atomic E-state index is 0.105. The number of aromatic hydroxyl groups is 1. The molecule has 0 saturated heterocycles. The van der Waals surface area contributed by atoms with Gasteiger partial charge in [-0.25, -0.2) is 0 Å². The van der Waals surface area contributed by atoms with Crippen LogP contribution in [0.4, 0.5) is 13.2 Å². The molecule has 2 aromatic rings. The molecule has 0 saturated carbocycles. The molecule has 0 aromatic heterocycles. The monoisotopic (exact) mass is 419 g/mol. The molecule has 2 aromatic carbocycles. The average molecular weight is 419 g/mol. The van der Waals surface area contributed by atoms with Crippen molar-refractivity contribution in [2.24, 2.45) is 5.92 Å². The van der Waals surface area contributed by atoms with Gasteiger partial charge in [-0.1, -0.05) is 38.8 Å². The van der Waals surface area contributed by atoms with Gasteiger partial charge in [0, 0.05) is 18.1 Å². The van der Waals surface area contributed by atoms with Crippen LogP contribution in [0.15, 0.2) is 36.4 Å². The van der Waals surface area contributed by atoms with Crippen LogP contribution in [-0.4, -0.2) is 11.7 Å². The lowest BCUT2D eigenvalue weighted by atomic mass is 9.98. The van der Waals surface area contributed by atoms with Crippen LogP contribution < -0.4 is 4.74 Å². The Kier molecular flexibility index (Phi) is 8.58. The van der Waals surface area contributed by atoms with E-state index in [2.05, 4.69) is 13.0 Å². The van der Waals surface area contributed by atoms with E-state index in [9.17, 15) is 18.3 Å². The van der Waals surface area contributed by atoms with Gasteiger partial charge < -0.3 is 9.84 Å². The van der Waals surface area contributed by atoms with Crippen molar-refractivity contribution < 1.29 is 23.0 Å². The van der Waals surface area contributed by atoms with E-state index < -0.39 is 11.7 Å². The number of hydrogen-bond donors (Lipinski definition) is 1. The van der Waals surface area contributed by atoms with E-state index in [1.807, 2.05) is 6.92 Å². The van der Waals surface area contributed by atoms with Gasteiger partial charge >= 0.3 is 6.18 Å². The van der Waals surface area contributed by atoms with E-state index in [4.69, 9.17) is 10.00 Å². The minimum atomic E-state index is -4.44. The van der Waals surface area contributed by atoms with Crippen molar-refractivity contribution in [3.8, 4) is 28.7 Å². The third kappa shape index (κ3) is 6.69. The van der Waals surface area contributed by atoms with Crippen molar-refractivity contribution in [2.45, 2.75) is 58.5 Å². The Labute approximate surface area is 176 Å². The second kappa shape index (κ2) is 10.9. The summed E-state index contributed by atoms with van der Waals surface area (Å²) in [5.74, 6) is 0.860. The molecule has 0 aliphatic carbocycles. The number of halogens is 3. The summed E-state index contributed by atoms with van der Waals surface area (Å²) >= 11 is 0. The number of unbranched alkanes of at least 4 members (excludes halogenated alkanes) is 2. The van der Waals surface area contributed by atoms with Crippen molar-refractivity contribution in [1.29, 1.82) is 5.26 Å². The second-order valence-electron chi connectivity index (χ2n) is 7.57. The van der Waals surface area contributed by atoms with Gasteiger partial charge in [-0.3, -0.25) is 0 Å². The molecule has 0 spiro atoms. The molecule has 1 atom stereocenters. The van der Waals surface area contributed by atoms with E-state index in [0.29, 0.717) is 42.2 Å². The first-order valence-corrected chi connectivity index (χ1v) is 10.3. The van der Waals surface area contributed by atoms with Crippen LogP contribution in [0.2, 0.25) is 0 Å². The molecular weight excluding hydrogens is 391 g/mol. The Morgan fingerprint density at radius 2 is 1.90 bits per heavy atom. The lowest BCUT2D eigenvalue weighted by Gasteiger charge is -2.15. The maximum atomic E-state index is 13.0. The summed E-state index contributed by atoms with van der Waals surface area (Å²) in [6.07, 6.45) is 0.673. The van der Waals surface area contributed by atoms with Crippen LogP contribution in [-0.2, 0) is 12.6 Å². The summed E-state index contributed by atoms with van der Waals surface area (Å²) in [7, 11) is 0. The number of hydrogen-bond acceptors (Lipinski definition) is 3. The lowest BCUT2D eigenvalue weighted by molar-refractivity contribution is -0.137. The minimum Gasteiger partial charge on any atom is -0.507 e. The van der Waals surface area contributed by atoms with Gasteiger partial charge in [0.1, 0.15) is 11.5 Å². The molecule has 6 heteroatoms. The predicted molar refractivity (Wildman–Crippen MR) is 111 cm³/mol. The van der Waals surface area contributed by atoms with Gasteiger partial charge in [0.25, 0.3) is 0 Å². The molecule has 162 valence electrons. The number of nitriles is 1. The standard InChI is InChI=1S/C24H28F3NO2/c1-3-18-15-21(19-9-7-10-20(14-19)24(25,26)27)22(29)16-23(18)30-13-6-4-5-8-17(2)11-12-28/h7,9-10,14-17,29H,3-6,8,11,13H2,1-2H3. The molecule has 2 rings (SSSR count). The molecule has 1 unspecified atom stereocenters. The number of alkyl halides is 3. The third-order valence-electron chi connectivity index (χ3n) is 5.10. The summed E-state index contributed by atoms with van der Waals surface area (Å²) in [6, 6.07) is 10.3.